The molecule has 0 saturated carbocycles. The number of carbonyl (C=O) groups excluding carboxylic acids is 1. The van der Waals surface area contributed by atoms with Crippen molar-refractivity contribution in [1.29, 1.82) is 0 Å². The summed E-state index contributed by atoms with van der Waals surface area (Å²) < 4.78 is 0. The average Bonchev–Trinajstić information content (AvgIpc) is 2.60. The standard InChI is InChI=1S/C20H28N4O/c1-15(2)10-11-21-19(25)18-12-22-20(23-13-18)24(16(3)4)14-17-8-6-5-7-9-17/h5-9,12-13,15-16H,10-11,14H2,1-4H3,(H,21,25). The van der Waals surface area contributed by atoms with Gasteiger partial charge in [0.25, 0.3) is 5.91 Å². The number of rotatable bonds is 8. The predicted octanol–water partition coefficient (Wildman–Crippen LogP) is 3.67. The molecule has 2 rings (SSSR count). The molecule has 2 aromatic rings. The largest absolute Gasteiger partial charge is 0.352 e. The molecule has 1 heterocycles. The SMILES string of the molecule is CC(C)CCNC(=O)c1cnc(N(Cc2ccccc2)C(C)C)nc1. The van der Waals surface area contributed by atoms with Crippen LogP contribution in [0.25, 0.3) is 0 Å². The van der Waals surface area contributed by atoms with E-state index < -0.39 is 0 Å². The fourth-order valence-electron chi connectivity index (χ4n) is 2.43. The van der Waals surface area contributed by atoms with Crippen LogP contribution in [0.4, 0.5) is 5.95 Å². The molecule has 1 aromatic heterocycles. The fourth-order valence-corrected chi connectivity index (χ4v) is 2.43. The molecule has 1 N–H and O–H groups in total. The molecule has 0 aliphatic carbocycles. The van der Waals surface area contributed by atoms with Crippen molar-refractivity contribution in [2.24, 2.45) is 5.92 Å². The zero-order valence-corrected chi connectivity index (χ0v) is 15.6. The molecular weight excluding hydrogens is 312 g/mol. The van der Waals surface area contributed by atoms with Crippen LogP contribution in [0.2, 0.25) is 0 Å². The highest BCUT2D eigenvalue weighted by atomic mass is 16.1. The van der Waals surface area contributed by atoms with Gasteiger partial charge in [0.2, 0.25) is 5.95 Å². The molecule has 5 heteroatoms. The van der Waals surface area contributed by atoms with Crippen LogP contribution < -0.4 is 10.2 Å². The first-order valence-corrected chi connectivity index (χ1v) is 8.88. The van der Waals surface area contributed by atoms with Gasteiger partial charge < -0.3 is 10.2 Å². The number of benzene rings is 1. The van der Waals surface area contributed by atoms with Crippen LogP contribution in [0.5, 0.6) is 0 Å². The maximum atomic E-state index is 12.1. The highest BCUT2D eigenvalue weighted by Crippen LogP contribution is 2.15. The maximum Gasteiger partial charge on any atom is 0.254 e. The summed E-state index contributed by atoms with van der Waals surface area (Å²) in [6.45, 7) is 9.90. The summed E-state index contributed by atoms with van der Waals surface area (Å²) in [6, 6.07) is 10.5. The minimum Gasteiger partial charge on any atom is -0.352 e. The minimum atomic E-state index is -0.119. The quantitative estimate of drug-likeness (QED) is 0.796. The predicted molar refractivity (Wildman–Crippen MR) is 102 cm³/mol. The molecule has 0 aliphatic heterocycles. The Kier molecular flexibility index (Phi) is 6.92. The van der Waals surface area contributed by atoms with Crippen LogP contribution in [0.15, 0.2) is 42.7 Å². The zero-order valence-electron chi connectivity index (χ0n) is 15.6. The lowest BCUT2D eigenvalue weighted by Crippen LogP contribution is -2.32. The van der Waals surface area contributed by atoms with Gasteiger partial charge in [-0.2, -0.15) is 0 Å². The van der Waals surface area contributed by atoms with E-state index in [-0.39, 0.29) is 11.9 Å². The van der Waals surface area contributed by atoms with Crippen molar-refractivity contribution < 1.29 is 4.79 Å². The van der Waals surface area contributed by atoms with Crippen LogP contribution in [0, 0.1) is 5.92 Å². The second kappa shape index (κ2) is 9.16. The molecule has 0 bridgehead atoms. The van der Waals surface area contributed by atoms with Gasteiger partial charge in [0.05, 0.1) is 5.56 Å². The first kappa shape index (κ1) is 18.9. The molecule has 0 fully saturated rings. The number of aromatic nitrogens is 2. The van der Waals surface area contributed by atoms with E-state index in [1.165, 1.54) is 5.56 Å². The molecule has 0 aliphatic rings. The highest BCUT2D eigenvalue weighted by Gasteiger charge is 2.15. The van der Waals surface area contributed by atoms with Crippen LogP contribution in [-0.4, -0.2) is 28.5 Å². The third-order valence-electron chi connectivity index (χ3n) is 3.98. The van der Waals surface area contributed by atoms with E-state index in [2.05, 4.69) is 60.0 Å². The Balaban J connectivity index is 2.04. The Morgan fingerprint density at radius 3 is 2.28 bits per heavy atom. The Morgan fingerprint density at radius 1 is 1.08 bits per heavy atom. The van der Waals surface area contributed by atoms with Gasteiger partial charge in [0.15, 0.2) is 0 Å². The van der Waals surface area contributed by atoms with Crippen LogP contribution in [0.1, 0.15) is 50.0 Å². The van der Waals surface area contributed by atoms with Crippen molar-refractivity contribution in [2.75, 3.05) is 11.4 Å². The van der Waals surface area contributed by atoms with Crippen LogP contribution >= 0.6 is 0 Å². The summed E-state index contributed by atoms with van der Waals surface area (Å²) in [6.07, 6.45) is 4.17. The van der Waals surface area contributed by atoms with E-state index in [0.717, 1.165) is 13.0 Å². The number of anilines is 1. The van der Waals surface area contributed by atoms with E-state index in [1.54, 1.807) is 12.4 Å². The Morgan fingerprint density at radius 2 is 1.72 bits per heavy atom. The lowest BCUT2D eigenvalue weighted by atomic mass is 10.1. The summed E-state index contributed by atoms with van der Waals surface area (Å²) in [5, 5.41) is 2.91. The third-order valence-corrected chi connectivity index (χ3v) is 3.98. The second-order valence-corrected chi connectivity index (χ2v) is 6.92. The number of hydrogen-bond donors (Lipinski definition) is 1. The summed E-state index contributed by atoms with van der Waals surface area (Å²) in [4.78, 5) is 23.1. The Hall–Kier alpha value is -2.43. The van der Waals surface area contributed by atoms with Crippen molar-refractivity contribution in [2.45, 2.75) is 46.7 Å². The lowest BCUT2D eigenvalue weighted by molar-refractivity contribution is 0.0951. The van der Waals surface area contributed by atoms with Gasteiger partial charge in [-0.05, 0) is 31.7 Å². The molecule has 134 valence electrons. The molecule has 0 atom stereocenters. The van der Waals surface area contributed by atoms with E-state index in [4.69, 9.17) is 0 Å². The van der Waals surface area contributed by atoms with E-state index >= 15 is 0 Å². The number of nitrogens with one attached hydrogen (secondary N) is 1. The normalized spacial score (nSPS) is 11.0. The Labute approximate surface area is 150 Å². The highest BCUT2D eigenvalue weighted by molar-refractivity contribution is 5.93. The first-order chi connectivity index (χ1) is 12.0. The van der Waals surface area contributed by atoms with Crippen LogP contribution in [-0.2, 0) is 6.54 Å². The molecule has 0 radical (unpaired) electrons. The van der Waals surface area contributed by atoms with Gasteiger partial charge in [-0.15, -0.1) is 0 Å². The van der Waals surface area contributed by atoms with Crippen molar-refractivity contribution >= 4 is 11.9 Å². The summed E-state index contributed by atoms with van der Waals surface area (Å²) in [5.74, 6) is 1.08. The monoisotopic (exact) mass is 340 g/mol. The first-order valence-electron chi connectivity index (χ1n) is 8.88. The van der Waals surface area contributed by atoms with Crippen LogP contribution in [0.3, 0.4) is 0 Å². The number of amides is 1. The molecule has 5 nitrogen and oxygen atoms in total. The van der Waals surface area contributed by atoms with Gasteiger partial charge in [-0.3, -0.25) is 4.79 Å². The summed E-state index contributed by atoms with van der Waals surface area (Å²) >= 11 is 0. The van der Waals surface area contributed by atoms with E-state index in [9.17, 15) is 4.79 Å². The van der Waals surface area contributed by atoms with Crippen molar-refractivity contribution in [3.8, 4) is 0 Å². The number of hydrogen-bond acceptors (Lipinski definition) is 4. The number of nitrogens with zero attached hydrogens (tertiary/aromatic N) is 3. The summed E-state index contributed by atoms with van der Waals surface area (Å²) in [7, 11) is 0. The molecule has 0 unspecified atom stereocenters. The fraction of sp³-hybridized carbons (Fsp3) is 0.450. The maximum absolute atomic E-state index is 12.1. The number of carbonyl (C=O) groups is 1. The summed E-state index contributed by atoms with van der Waals surface area (Å²) in [5.41, 5.74) is 1.70. The lowest BCUT2D eigenvalue weighted by Gasteiger charge is -2.26. The van der Waals surface area contributed by atoms with Gasteiger partial charge in [-0.25, -0.2) is 9.97 Å². The molecule has 1 aromatic carbocycles. The molecule has 0 spiro atoms. The van der Waals surface area contributed by atoms with Gasteiger partial charge in [-0.1, -0.05) is 44.2 Å². The van der Waals surface area contributed by atoms with Gasteiger partial charge in [0, 0.05) is 31.5 Å². The molecule has 25 heavy (non-hydrogen) atoms. The van der Waals surface area contributed by atoms with Gasteiger partial charge in [0.1, 0.15) is 0 Å². The minimum absolute atomic E-state index is 0.119. The Bertz CT molecular complexity index is 653. The van der Waals surface area contributed by atoms with Crippen molar-refractivity contribution in [3.05, 3.63) is 53.9 Å². The van der Waals surface area contributed by atoms with Crippen molar-refractivity contribution in [3.63, 3.8) is 0 Å². The topological polar surface area (TPSA) is 58.1 Å². The molecule has 1 amide bonds. The zero-order chi connectivity index (χ0) is 18.2. The molecular formula is C20H28N4O. The van der Waals surface area contributed by atoms with E-state index in [1.807, 2.05) is 18.2 Å². The molecule has 0 saturated heterocycles. The third kappa shape index (κ3) is 5.85. The van der Waals surface area contributed by atoms with E-state index in [0.29, 0.717) is 24.0 Å². The smallest absolute Gasteiger partial charge is 0.254 e. The average molecular weight is 340 g/mol. The van der Waals surface area contributed by atoms with Gasteiger partial charge >= 0.3 is 0 Å². The van der Waals surface area contributed by atoms with Crippen molar-refractivity contribution in [1.82, 2.24) is 15.3 Å². The second-order valence-electron chi connectivity index (χ2n) is 6.92.